The van der Waals surface area contributed by atoms with Crippen LogP contribution >= 0.6 is 0 Å². The summed E-state index contributed by atoms with van der Waals surface area (Å²) >= 11 is 0. The van der Waals surface area contributed by atoms with Crippen molar-refractivity contribution in [3.8, 4) is 0 Å². The number of carbonyl (C=O) groups excluding carboxylic acids is 2. The Morgan fingerprint density at radius 2 is 1.62 bits per heavy atom. The zero-order chi connectivity index (χ0) is 17.5. The third-order valence-corrected chi connectivity index (χ3v) is 5.49. The number of rotatable bonds is 4. The first-order valence-electron chi connectivity index (χ1n) is 8.02. The molecule has 0 saturated heterocycles. The predicted octanol–water partition coefficient (Wildman–Crippen LogP) is 2.21. The van der Waals surface area contributed by atoms with Gasteiger partial charge < -0.3 is 0 Å². The third kappa shape index (κ3) is 3.37. The number of amides is 2. The summed E-state index contributed by atoms with van der Waals surface area (Å²) in [6, 6.07) is 6.86. The molecule has 0 spiro atoms. The molecule has 1 fully saturated rings. The van der Waals surface area contributed by atoms with E-state index >= 15 is 0 Å². The second-order valence-corrected chi connectivity index (χ2v) is 8.65. The van der Waals surface area contributed by atoms with Crippen LogP contribution in [0.15, 0.2) is 24.3 Å². The highest BCUT2D eigenvalue weighted by molar-refractivity contribution is 7.86. The molecule has 0 aromatic heterocycles. The zero-order valence-electron chi connectivity index (χ0n) is 13.8. The van der Waals surface area contributed by atoms with Crippen LogP contribution in [0.4, 0.5) is 0 Å². The van der Waals surface area contributed by atoms with Gasteiger partial charge in [0, 0.05) is 6.54 Å². The van der Waals surface area contributed by atoms with Gasteiger partial charge in [0.25, 0.3) is 21.9 Å². The van der Waals surface area contributed by atoms with Gasteiger partial charge >= 0.3 is 0 Å². The summed E-state index contributed by atoms with van der Waals surface area (Å²) < 4.78 is 27.5. The van der Waals surface area contributed by atoms with Crippen LogP contribution in [0.1, 0.15) is 53.3 Å². The molecular weight excluding hydrogens is 330 g/mol. The quantitative estimate of drug-likeness (QED) is 0.614. The topological polar surface area (TPSA) is 80.8 Å². The second kappa shape index (κ2) is 5.97. The van der Waals surface area contributed by atoms with Gasteiger partial charge in [-0.3, -0.25) is 18.7 Å². The molecule has 1 aliphatic carbocycles. The first-order chi connectivity index (χ1) is 11.2. The highest BCUT2D eigenvalue weighted by atomic mass is 32.2. The van der Waals surface area contributed by atoms with Gasteiger partial charge in [-0.25, -0.2) is 0 Å². The molecule has 1 aromatic rings. The van der Waals surface area contributed by atoms with Crippen LogP contribution in [-0.2, 0) is 14.3 Å². The standard InChI is InChI=1S/C17H21NO5S/c1-17(9-7-12(8-10-17)23-24(2,21)22)11-18-15(19)13-5-3-4-6-14(13)16(18)20/h3-6,12H,7-11H2,1-2H3. The Kier molecular flexibility index (Phi) is 4.25. The highest BCUT2D eigenvalue weighted by Gasteiger charge is 2.41. The van der Waals surface area contributed by atoms with E-state index in [4.69, 9.17) is 4.18 Å². The maximum absolute atomic E-state index is 12.5. The molecule has 0 radical (unpaired) electrons. The fourth-order valence-electron chi connectivity index (χ4n) is 3.55. The molecule has 7 heteroatoms. The lowest BCUT2D eigenvalue weighted by molar-refractivity contribution is 0.0447. The van der Waals surface area contributed by atoms with Gasteiger partial charge in [0.2, 0.25) is 0 Å². The molecule has 0 N–H and O–H groups in total. The Bertz CT molecular complexity index is 743. The van der Waals surface area contributed by atoms with Crippen LogP contribution in [-0.4, -0.2) is 44.0 Å². The van der Waals surface area contributed by atoms with Crippen molar-refractivity contribution < 1.29 is 22.2 Å². The molecule has 0 unspecified atom stereocenters. The van der Waals surface area contributed by atoms with Crippen molar-refractivity contribution in [2.45, 2.75) is 38.7 Å². The monoisotopic (exact) mass is 351 g/mol. The van der Waals surface area contributed by atoms with Crippen LogP contribution in [0.3, 0.4) is 0 Å². The highest BCUT2D eigenvalue weighted by Crippen LogP contribution is 2.39. The van der Waals surface area contributed by atoms with Crippen molar-refractivity contribution in [3.05, 3.63) is 35.4 Å². The van der Waals surface area contributed by atoms with Crippen molar-refractivity contribution in [1.82, 2.24) is 4.90 Å². The first-order valence-corrected chi connectivity index (χ1v) is 9.84. The minimum Gasteiger partial charge on any atom is -0.274 e. The molecule has 1 heterocycles. The summed E-state index contributed by atoms with van der Waals surface area (Å²) in [5.41, 5.74) is 0.699. The minimum absolute atomic E-state index is 0.218. The third-order valence-electron chi connectivity index (χ3n) is 4.87. The van der Waals surface area contributed by atoms with E-state index in [1.165, 1.54) is 4.90 Å². The van der Waals surface area contributed by atoms with Gasteiger partial charge in [-0.1, -0.05) is 19.1 Å². The van der Waals surface area contributed by atoms with Crippen molar-refractivity contribution in [3.63, 3.8) is 0 Å². The molecule has 2 amide bonds. The van der Waals surface area contributed by atoms with Crippen LogP contribution < -0.4 is 0 Å². The van der Waals surface area contributed by atoms with E-state index in [1.807, 2.05) is 6.92 Å². The lowest BCUT2D eigenvalue weighted by atomic mass is 9.74. The van der Waals surface area contributed by atoms with Gasteiger partial charge in [0.1, 0.15) is 0 Å². The maximum atomic E-state index is 12.5. The summed E-state index contributed by atoms with van der Waals surface area (Å²) in [6.07, 6.45) is 3.37. The van der Waals surface area contributed by atoms with Crippen LogP contribution in [0.5, 0.6) is 0 Å². The summed E-state index contributed by atoms with van der Waals surface area (Å²) in [6.45, 7) is 2.39. The van der Waals surface area contributed by atoms with E-state index in [0.717, 1.165) is 6.26 Å². The molecule has 2 aliphatic rings. The van der Waals surface area contributed by atoms with E-state index in [1.54, 1.807) is 24.3 Å². The minimum atomic E-state index is -3.46. The van der Waals surface area contributed by atoms with Gasteiger partial charge in [-0.2, -0.15) is 8.42 Å². The van der Waals surface area contributed by atoms with Gasteiger partial charge in [-0.15, -0.1) is 0 Å². The second-order valence-electron chi connectivity index (χ2n) is 7.05. The number of imide groups is 1. The SMILES string of the molecule is CC1(CN2C(=O)c3ccccc3C2=O)CCC(OS(C)(=O)=O)CC1. The Labute approximate surface area is 141 Å². The average molecular weight is 351 g/mol. The number of hydrogen-bond acceptors (Lipinski definition) is 5. The molecule has 1 saturated carbocycles. The van der Waals surface area contributed by atoms with Crippen molar-refractivity contribution >= 4 is 21.9 Å². The number of benzene rings is 1. The number of nitrogens with zero attached hydrogens (tertiary/aromatic N) is 1. The maximum Gasteiger partial charge on any atom is 0.264 e. The summed E-state index contributed by atoms with van der Waals surface area (Å²) in [5.74, 6) is -0.488. The van der Waals surface area contributed by atoms with Crippen molar-refractivity contribution in [1.29, 1.82) is 0 Å². The zero-order valence-corrected chi connectivity index (χ0v) is 14.6. The number of hydrogen-bond donors (Lipinski definition) is 0. The Morgan fingerprint density at radius 3 is 2.08 bits per heavy atom. The summed E-state index contributed by atoms with van der Waals surface area (Å²) in [7, 11) is -3.46. The van der Waals surface area contributed by atoms with E-state index in [0.29, 0.717) is 43.4 Å². The van der Waals surface area contributed by atoms with Crippen LogP contribution in [0.2, 0.25) is 0 Å². The smallest absolute Gasteiger partial charge is 0.264 e. The lowest BCUT2D eigenvalue weighted by Crippen LogP contribution is -2.42. The van der Waals surface area contributed by atoms with Gasteiger partial charge in [0.05, 0.1) is 23.5 Å². The van der Waals surface area contributed by atoms with E-state index in [2.05, 4.69) is 0 Å². The fraction of sp³-hybridized carbons (Fsp3) is 0.529. The molecule has 24 heavy (non-hydrogen) atoms. The lowest BCUT2D eigenvalue weighted by Gasteiger charge is -2.38. The Morgan fingerprint density at radius 1 is 1.12 bits per heavy atom. The number of carbonyl (C=O) groups is 2. The van der Waals surface area contributed by atoms with E-state index in [9.17, 15) is 18.0 Å². The summed E-state index contributed by atoms with van der Waals surface area (Å²) in [5, 5.41) is 0. The van der Waals surface area contributed by atoms with Crippen molar-refractivity contribution in [2.75, 3.05) is 12.8 Å². The van der Waals surface area contributed by atoms with Crippen molar-refractivity contribution in [2.24, 2.45) is 5.41 Å². The predicted molar refractivity (Wildman–Crippen MR) is 88.1 cm³/mol. The first kappa shape index (κ1) is 17.1. The molecule has 0 atom stereocenters. The Balaban J connectivity index is 1.67. The molecule has 0 bridgehead atoms. The van der Waals surface area contributed by atoms with Crippen LogP contribution in [0.25, 0.3) is 0 Å². The summed E-state index contributed by atoms with van der Waals surface area (Å²) in [4.78, 5) is 26.3. The van der Waals surface area contributed by atoms with E-state index in [-0.39, 0.29) is 23.3 Å². The fourth-order valence-corrected chi connectivity index (χ4v) is 4.24. The normalized spacial score (nSPS) is 27.4. The number of fused-ring (bicyclic) bond motifs is 1. The molecule has 1 aliphatic heterocycles. The molecule has 1 aromatic carbocycles. The largest absolute Gasteiger partial charge is 0.274 e. The molecular formula is C17H21NO5S. The molecule has 6 nitrogen and oxygen atoms in total. The van der Waals surface area contributed by atoms with Crippen LogP contribution in [0, 0.1) is 5.41 Å². The van der Waals surface area contributed by atoms with E-state index < -0.39 is 10.1 Å². The molecule has 3 rings (SSSR count). The molecule has 130 valence electrons. The van der Waals surface area contributed by atoms with Gasteiger partial charge in [0.15, 0.2) is 0 Å². The average Bonchev–Trinajstić information content (AvgIpc) is 2.74. The van der Waals surface area contributed by atoms with Gasteiger partial charge in [-0.05, 0) is 43.2 Å². The Hall–Kier alpha value is -1.73.